The van der Waals surface area contributed by atoms with Gasteiger partial charge in [-0.2, -0.15) is 9.97 Å². The number of carbonyl (C=O) groups excluding carboxylic acids is 1. The zero-order chi connectivity index (χ0) is 28.3. The van der Waals surface area contributed by atoms with Gasteiger partial charge in [-0.3, -0.25) is 0 Å². The molecule has 0 spiro atoms. The van der Waals surface area contributed by atoms with Gasteiger partial charge in [0.15, 0.2) is 17.0 Å². The van der Waals surface area contributed by atoms with Crippen LogP contribution in [0.15, 0.2) is 30.6 Å². The normalized spacial score (nSPS) is 22.4. The first-order valence-corrected chi connectivity index (χ1v) is 15.6. The van der Waals surface area contributed by atoms with Crippen molar-refractivity contribution in [3.8, 4) is 0 Å². The van der Waals surface area contributed by atoms with Crippen LogP contribution in [0.3, 0.4) is 0 Å². The number of nitrogens with two attached hydrogens (primary N) is 1. The molecule has 0 bridgehead atoms. The van der Waals surface area contributed by atoms with Crippen LogP contribution in [0.5, 0.6) is 0 Å². The molecule has 2 saturated carbocycles. The van der Waals surface area contributed by atoms with E-state index >= 15 is 0 Å². The van der Waals surface area contributed by atoms with E-state index in [0.717, 1.165) is 61.2 Å². The van der Waals surface area contributed by atoms with E-state index in [-0.39, 0.29) is 12.1 Å². The van der Waals surface area contributed by atoms with Crippen molar-refractivity contribution in [3.63, 3.8) is 0 Å². The summed E-state index contributed by atoms with van der Waals surface area (Å²) >= 11 is 0. The Labute approximate surface area is 242 Å². The van der Waals surface area contributed by atoms with Crippen molar-refractivity contribution in [2.75, 3.05) is 29.0 Å². The summed E-state index contributed by atoms with van der Waals surface area (Å²) in [6.45, 7) is 5.71. The minimum absolute atomic E-state index is 0.0424. The number of hydrogen-bond donors (Lipinski definition) is 4. The highest BCUT2D eigenvalue weighted by Gasteiger charge is 2.27. The van der Waals surface area contributed by atoms with E-state index in [1.807, 2.05) is 23.4 Å². The van der Waals surface area contributed by atoms with Crippen LogP contribution in [0.4, 0.5) is 22.2 Å². The smallest absolute Gasteiger partial charge is 0.321 e. The molecule has 0 radical (unpaired) electrons. The number of carbonyl (C=O) groups is 1. The Hall–Kier alpha value is -3.40. The van der Waals surface area contributed by atoms with E-state index in [4.69, 9.17) is 20.7 Å². The second-order valence-corrected chi connectivity index (χ2v) is 12.5. The molecule has 1 saturated heterocycles. The number of piperidine rings is 1. The SMILES string of the molecule is CC(C)c1ccc(NC(=O)N2CCC(Nc3nc(NC4CCC(N)CC4)nc4c3ncn4C3CCCC3)CC2)cc1. The van der Waals surface area contributed by atoms with Gasteiger partial charge in [0, 0.05) is 42.9 Å². The highest BCUT2D eigenvalue weighted by atomic mass is 16.2. The third-order valence-corrected chi connectivity index (χ3v) is 9.20. The van der Waals surface area contributed by atoms with Gasteiger partial charge in [0.25, 0.3) is 0 Å². The molecule has 41 heavy (non-hydrogen) atoms. The highest BCUT2D eigenvalue weighted by Crippen LogP contribution is 2.34. The fourth-order valence-electron chi connectivity index (χ4n) is 6.55. The van der Waals surface area contributed by atoms with Gasteiger partial charge in [-0.25, -0.2) is 9.78 Å². The summed E-state index contributed by atoms with van der Waals surface area (Å²) in [7, 11) is 0. The monoisotopic (exact) mass is 559 g/mol. The number of fused-ring (bicyclic) bond motifs is 1. The molecule has 3 fully saturated rings. The number of likely N-dealkylation sites (tertiary alicyclic amines) is 1. The largest absolute Gasteiger partial charge is 0.365 e. The van der Waals surface area contributed by atoms with Crippen molar-refractivity contribution in [3.05, 3.63) is 36.2 Å². The van der Waals surface area contributed by atoms with Crippen molar-refractivity contribution in [2.24, 2.45) is 5.73 Å². The lowest BCUT2D eigenvalue weighted by Gasteiger charge is -2.32. The Morgan fingerprint density at radius 3 is 2.27 bits per heavy atom. The molecule has 3 aliphatic rings. The first-order valence-electron chi connectivity index (χ1n) is 15.6. The van der Waals surface area contributed by atoms with Crippen LogP contribution < -0.4 is 21.7 Å². The molecule has 10 heteroatoms. The number of anilines is 3. The van der Waals surface area contributed by atoms with E-state index in [1.165, 1.54) is 31.2 Å². The minimum atomic E-state index is -0.0424. The van der Waals surface area contributed by atoms with Gasteiger partial charge in [-0.05, 0) is 75.0 Å². The Bertz CT molecular complexity index is 1320. The predicted molar refractivity (Wildman–Crippen MR) is 164 cm³/mol. The van der Waals surface area contributed by atoms with Crippen molar-refractivity contribution < 1.29 is 4.79 Å². The Morgan fingerprint density at radius 1 is 0.902 bits per heavy atom. The average Bonchev–Trinajstić information content (AvgIpc) is 3.65. The van der Waals surface area contributed by atoms with Crippen molar-refractivity contribution >= 4 is 34.6 Å². The molecule has 2 aliphatic carbocycles. The molecule has 0 atom stereocenters. The number of aromatic nitrogens is 4. The van der Waals surface area contributed by atoms with Crippen LogP contribution in [-0.2, 0) is 0 Å². The van der Waals surface area contributed by atoms with Gasteiger partial charge in [0.1, 0.15) is 0 Å². The van der Waals surface area contributed by atoms with Gasteiger partial charge in [0.2, 0.25) is 5.95 Å². The lowest BCUT2D eigenvalue weighted by Crippen LogP contribution is -2.44. The number of rotatable bonds is 7. The number of nitrogens with zero attached hydrogens (tertiary/aromatic N) is 5. The van der Waals surface area contributed by atoms with Gasteiger partial charge in [-0.15, -0.1) is 0 Å². The molecular formula is C31H45N9O. The molecule has 6 rings (SSSR count). The first-order chi connectivity index (χ1) is 19.9. The van der Waals surface area contributed by atoms with E-state index in [2.05, 4.69) is 46.5 Å². The zero-order valence-electron chi connectivity index (χ0n) is 24.5. The summed E-state index contributed by atoms with van der Waals surface area (Å²) in [5.74, 6) is 1.92. The molecule has 5 N–H and O–H groups in total. The molecule has 1 aromatic carbocycles. The molecule has 3 aromatic rings. The Balaban J connectivity index is 1.13. The second-order valence-electron chi connectivity index (χ2n) is 12.5. The topological polar surface area (TPSA) is 126 Å². The molecule has 0 unspecified atom stereocenters. The number of nitrogens with one attached hydrogen (secondary N) is 3. The van der Waals surface area contributed by atoms with Crippen LogP contribution in [0.1, 0.15) is 95.6 Å². The molecule has 1 aliphatic heterocycles. The van der Waals surface area contributed by atoms with Crippen molar-refractivity contribution in [2.45, 2.75) is 108 Å². The molecule has 2 aromatic heterocycles. The van der Waals surface area contributed by atoms with Crippen LogP contribution in [0, 0.1) is 0 Å². The summed E-state index contributed by atoms with van der Waals surface area (Å²) in [4.78, 5) is 29.6. The summed E-state index contributed by atoms with van der Waals surface area (Å²) in [5.41, 5.74) is 9.98. The van der Waals surface area contributed by atoms with Gasteiger partial charge in [0.05, 0.1) is 6.33 Å². The fraction of sp³-hybridized carbons (Fsp3) is 0.613. The Kier molecular flexibility index (Phi) is 8.27. The van der Waals surface area contributed by atoms with E-state index in [0.29, 0.717) is 43.1 Å². The quantitative estimate of drug-likeness (QED) is 0.286. The highest BCUT2D eigenvalue weighted by molar-refractivity contribution is 5.89. The standard InChI is InChI=1S/C31H45N9O/c1-20(2)21-7-11-24(12-8-21)36-31(41)39-17-15-25(16-18-39)34-28-27-29(40(19-33-27)26-5-3-4-6-26)38-30(37-28)35-23-13-9-22(32)10-14-23/h7-8,11-12,19-20,22-23,25-26H,3-6,9-10,13-18,32H2,1-2H3,(H,36,41)(H2,34,35,37,38). The number of urea groups is 1. The van der Waals surface area contributed by atoms with E-state index in [1.54, 1.807) is 0 Å². The third kappa shape index (κ3) is 6.42. The second kappa shape index (κ2) is 12.2. The van der Waals surface area contributed by atoms with Crippen LogP contribution in [-0.4, -0.2) is 61.7 Å². The maximum Gasteiger partial charge on any atom is 0.321 e. The number of hydrogen-bond acceptors (Lipinski definition) is 7. The maximum atomic E-state index is 13.0. The van der Waals surface area contributed by atoms with Gasteiger partial charge < -0.3 is 31.2 Å². The van der Waals surface area contributed by atoms with Crippen LogP contribution >= 0.6 is 0 Å². The molecule has 3 heterocycles. The van der Waals surface area contributed by atoms with Crippen LogP contribution in [0.25, 0.3) is 11.2 Å². The van der Waals surface area contributed by atoms with E-state index in [9.17, 15) is 4.79 Å². The summed E-state index contributed by atoms with van der Waals surface area (Å²) in [6, 6.07) is 9.39. The molecule has 10 nitrogen and oxygen atoms in total. The fourth-order valence-corrected chi connectivity index (χ4v) is 6.55. The summed E-state index contributed by atoms with van der Waals surface area (Å²) in [6.07, 6.45) is 12.6. The predicted octanol–water partition coefficient (Wildman–Crippen LogP) is 5.86. The lowest BCUT2D eigenvalue weighted by atomic mass is 9.92. The maximum absolute atomic E-state index is 13.0. The van der Waals surface area contributed by atoms with Crippen molar-refractivity contribution in [1.29, 1.82) is 0 Å². The molecule has 2 amide bonds. The first kappa shape index (κ1) is 27.8. The van der Waals surface area contributed by atoms with Gasteiger partial charge in [-0.1, -0.05) is 38.8 Å². The van der Waals surface area contributed by atoms with Gasteiger partial charge >= 0.3 is 6.03 Å². The zero-order valence-corrected chi connectivity index (χ0v) is 24.5. The minimum Gasteiger partial charge on any atom is -0.365 e. The third-order valence-electron chi connectivity index (χ3n) is 9.20. The Morgan fingerprint density at radius 2 is 1.59 bits per heavy atom. The molecular weight excluding hydrogens is 514 g/mol. The molecule has 220 valence electrons. The lowest BCUT2D eigenvalue weighted by molar-refractivity contribution is 0.197. The number of imidazole rings is 1. The summed E-state index contributed by atoms with van der Waals surface area (Å²) < 4.78 is 2.26. The van der Waals surface area contributed by atoms with Crippen molar-refractivity contribution in [1.82, 2.24) is 24.4 Å². The number of amides is 2. The summed E-state index contributed by atoms with van der Waals surface area (Å²) in [5, 5.41) is 10.4. The average molecular weight is 560 g/mol. The number of benzene rings is 1. The van der Waals surface area contributed by atoms with E-state index < -0.39 is 0 Å². The van der Waals surface area contributed by atoms with Crippen LogP contribution in [0.2, 0.25) is 0 Å².